The van der Waals surface area contributed by atoms with Gasteiger partial charge < -0.3 is 9.63 Å². The largest absolute Gasteiger partial charge is 0.476 e. The first-order valence-electron chi connectivity index (χ1n) is 3.28. The number of carbonyl (C=O) groups is 2. The molecular formula is C6H7N3O4. The summed E-state index contributed by atoms with van der Waals surface area (Å²) in [4.78, 5) is 21.5. The van der Waals surface area contributed by atoms with Gasteiger partial charge in [0.2, 0.25) is 5.69 Å². The normalized spacial score (nSPS) is 9.69. The van der Waals surface area contributed by atoms with E-state index >= 15 is 0 Å². The molecule has 0 aliphatic carbocycles. The van der Waals surface area contributed by atoms with E-state index in [2.05, 4.69) is 9.68 Å². The number of nitrogens with zero attached hydrogens (tertiary/aromatic N) is 1. The average molecular weight is 185 g/mol. The topological polar surface area (TPSA) is 118 Å². The molecule has 7 nitrogen and oxygen atoms in total. The summed E-state index contributed by atoms with van der Waals surface area (Å²) >= 11 is 0. The maximum Gasteiger partial charge on any atom is 0.358 e. The number of aryl methyl sites for hydroxylation is 1. The third-order valence-corrected chi connectivity index (χ3v) is 1.42. The Kier molecular flexibility index (Phi) is 2.29. The van der Waals surface area contributed by atoms with Crippen molar-refractivity contribution in [3.63, 3.8) is 0 Å². The molecule has 70 valence electrons. The predicted molar refractivity (Wildman–Crippen MR) is 39.9 cm³/mol. The standard InChI is InChI=1S/C6H7N3O4/c1-2-3(5(10)8-7)4(6(11)12)9-13-2/h7H2,1H3,(H,8,10)(H,11,12). The Bertz CT molecular complexity index is 357. The lowest BCUT2D eigenvalue weighted by molar-refractivity contribution is 0.0680. The number of rotatable bonds is 2. The number of hydrogen-bond donors (Lipinski definition) is 3. The number of hydrogen-bond acceptors (Lipinski definition) is 5. The van der Waals surface area contributed by atoms with Crippen LogP contribution in [0.3, 0.4) is 0 Å². The lowest BCUT2D eigenvalue weighted by atomic mass is 10.2. The number of carbonyl (C=O) groups excluding carboxylic acids is 1. The van der Waals surface area contributed by atoms with Crippen molar-refractivity contribution in [3.05, 3.63) is 17.0 Å². The number of nitrogens with two attached hydrogens (primary N) is 1. The van der Waals surface area contributed by atoms with Crippen molar-refractivity contribution >= 4 is 11.9 Å². The second-order valence-electron chi connectivity index (χ2n) is 2.24. The molecule has 1 heterocycles. The molecule has 0 aliphatic rings. The zero-order chi connectivity index (χ0) is 10.0. The minimum absolute atomic E-state index is 0.111. The average Bonchev–Trinajstić information content (AvgIpc) is 2.46. The summed E-state index contributed by atoms with van der Waals surface area (Å²) in [6.07, 6.45) is 0. The van der Waals surface area contributed by atoms with Crippen molar-refractivity contribution in [2.45, 2.75) is 6.92 Å². The molecule has 1 aromatic rings. The molecule has 0 aliphatic heterocycles. The van der Waals surface area contributed by atoms with Crippen LogP contribution in [0.15, 0.2) is 4.52 Å². The van der Waals surface area contributed by atoms with Crippen molar-refractivity contribution < 1.29 is 19.2 Å². The van der Waals surface area contributed by atoms with Gasteiger partial charge in [-0.25, -0.2) is 10.6 Å². The second kappa shape index (κ2) is 3.23. The molecule has 0 spiro atoms. The SMILES string of the molecule is Cc1onc(C(=O)O)c1C(=O)NN. The number of amides is 1. The zero-order valence-corrected chi connectivity index (χ0v) is 6.70. The Labute approximate surface area is 72.5 Å². The molecule has 1 amide bonds. The molecule has 1 aromatic heterocycles. The van der Waals surface area contributed by atoms with Crippen LogP contribution >= 0.6 is 0 Å². The number of hydrazine groups is 1. The van der Waals surface area contributed by atoms with Crippen LogP contribution in [0.5, 0.6) is 0 Å². The monoisotopic (exact) mass is 185 g/mol. The van der Waals surface area contributed by atoms with E-state index in [4.69, 9.17) is 10.9 Å². The Morgan fingerprint density at radius 1 is 1.62 bits per heavy atom. The number of carboxylic acid groups (broad SMARTS) is 1. The van der Waals surface area contributed by atoms with Crippen molar-refractivity contribution in [3.8, 4) is 0 Å². The third kappa shape index (κ3) is 1.49. The number of carboxylic acids is 1. The third-order valence-electron chi connectivity index (χ3n) is 1.42. The maximum absolute atomic E-state index is 11.0. The van der Waals surface area contributed by atoms with Gasteiger partial charge in [0, 0.05) is 0 Å². The van der Waals surface area contributed by atoms with E-state index in [0.717, 1.165) is 0 Å². The van der Waals surface area contributed by atoms with E-state index in [1.54, 1.807) is 5.43 Å². The molecule has 0 atom stereocenters. The van der Waals surface area contributed by atoms with Gasteiger partial charge in [0.15, 0.2) is 0 Å². The van der Waals surface area contributed by atoms with E-state index in [1.807, 2.05) is 0 Å². The van der Waals surface area contributed by atoms with Gasteiger partial charge in [0.05, 0.1) is 0 Å². The molecule has 4 N–H and O–H groups in total. The smallest absolute Gasteiger partial charge is 0.358 e. The molecule has 1 rings (SSSR count). The van der Waals surface area contributed by atoms with E-state index in [-0.39, 0.29) is 11.3 Å². The fraction of sp³-hybridized carbons (Fsp3) is 0.167. The first-order chi connectivity index (χ1) is 6.07. The molecule has 0 bridgehead atoms. The summed E-state index contributed by atoms with van der Waals surface area (Å²) < 4.78 is 4.53. The Morgan fingerprint density at radius 2 is 2.23 bits per heavy atom. The van der Waals surface area contributed by atoms with Crippen LogP contribution in [0.1, 0.15) is 26.6 Å². The highest BCUT2D eigenvalue weighted by molar-refractivity contribution is 6.03. The highest BCUT2D eigenvalue weighted by Gasteiger charge is 2.24. The van der Waals surface area contributed by atoms with Crippen molar-refractivity contribution in [1.29, 1.82) is 0 Å². The number of nitrogen functional groups attached to an aromatic ring is 1. The first kappa shape index (κ1) is 9.20. The molecular weight excluding hydrogens is 178 g/mol. The highest BCUT2D eigenvalue weighted by atomic mass is 16.5. The number of nitrogens with one attached hydrogen (secondary N) is 1. The van der Waals surface area contributed by atoms with Gasteiger partial charge in [-0.05, 0) is 6.92 Å². The summed E-state index contributed by atoms with van der Waals surface area (Å²) in [5.41, 5.74) is 1.20. The van der Waals surface area contributed by atoms with Gasteiger partial charge >= 0.3 is 5.97 Å². The molecule has 0 aromatic carbocycles. The number of aromatic nitrogens is 1. The summed E-state index contributed by atoms with van der Waals surface area (Å²) in [6, 6.07) is 0. The Hall–Kier alpha value is -1.89. The van der Waals surface area contributed by atoms with Crippen LogP contribution in [0.25, 0.3) is 0 Å². The van der Waals surface area contributed by atoms with Crippen LogP contribution in [0.4, 0.5) is 0 Å². The van der Waals surface area contributed by atoms with E-state index in [9.17, 15) is 9.59 Å². The van der Waals surface area contributed by atoms with Crippen molar-refractivity contribution in [2.24, 2.45) is 5.84 Å². The minimum atomic E-state index is -1.34. The van der Waals surface area contributed by atoms with Gasteiger partial charge in [0.1, 0.15) is 11.3 Å². The summed E-state index contributed by atoms with van der Waals surface area (Å²) in [5.74, 6) is 2.87. The first-order valence-corrected chi connectivity index (χ1v) is 3.28. The van der Waals surface area contributed by atoms with Gasteiger partial charge in [-0.15, -0.1) is 0 Å². The summed E-state index contributed by atoms with van der Waals surface area (Å²) in [5, 5.41) is 11.8. The van der Waals surface area contributed by atoms with Crippen LogP contribution in [0.2, 0.25) is 0 Å². The van der Waals surface area contributed by atoms with Crippen LogP contribution in [-0.4, -0.2) is 22.1 Å². The molecule has 13 heavy (non-hydrogen) atoms. The lowest BCUT2D eigenvalue weighted by Crippen LogP contribution is -2.31. The summed E-state index contributed by atoms with van der Waals surface area (Å²) in [7, 11) is 0. The molecule has 0 fully saturated rings. The minimum Gasteiger partial charge on any atom is -0.476 e. The van der Waals surface area contributed by atoms with Crippen molar-refractivity contribution in [2.75, 3.05) is 0 Å². The fourth-order valence-corrected chi connectivity index (χ4v) is 0.858. The predicted octanol–water partition coefficient (Wildman–Crippen LogP) is -0.715. The van der Waals surface area contributed by atoms with Crippen LogP contribution < -0.4 is 11.3 Å². The van der Waals surface area contributed by atoms with Gasteiger partial charge in [-0.1, -0.05) is 5.16 Å². The molecule has 0 radical (unpaired) electrons. The highest BCUT2D eigenvalue weighted by Crippen LogP contribution is 2.12. The number of aromatic carboxylic acids is 1. The Morgan fingerprint density at radius 3 is 2.69 bits per heavy atom. The maximum atomic E-state index is 11.0. The molecule has 0 saturated carbocycles. The molecule has 0 saturated heterocycles. The summed E-state index contributed by atoms with van der Waals surface area (Å²) in [6.45, 7) is 1.42. The molecule has 0 unspecified atom stereocenters. The fourth-order valence-electron chi connectivity index (χ4n) is 0.858. The van der Waals surface area contributed by atoms with E-state index < -0.39 is 17.6 Å². The van der Waals surface area contributed by atoms with Gasteiger partial charge in [-0.3, -0.25) is 10.2 Å². The Balaban J connectivity index is 3.24. The quantitative estimate of drug-likeness (QED) is 0.318. The second-order valence-corrected chi connectivity index (χ2v) is 2.24. The lowest BCUT2D eigenvalue weighted by Gasteiger charge is -1.95. The molecule has 7 heteroatoms. The van der Waals surface area contributed by atoms with Crippen molar-refractivity contribution in [1.82, 2.24) is 10.6 Å². The van der Waals surface area contributed by atoms with Crippen LogP contribution in [0, 0.1) is 6.92 Å². The van der Waals surface area contributed by atoms with E-state index in [1.165, 1.54) is 6.92 Å². The zero-order valence-electron chi connectivity index (χ0n) is 6.70. The van der Waals surface area contributed by atoms with Gasteiger partial charge in [0.25, 0.3) is 5.91 Å². The van der Waals surface area contributed by atoms with Crippen LogP contribution in [-0.2, 0) is 0 Å². The van der Waals surface area contributed by atoms with Gasteiger partial charge in [-0.2, -0.15) is 0 Å². The van der Waals surface area contributed by atoms with E-state index in [0.29, 0.717) is 0 Å².